The van der Waals surface area contributed by atoms with Gasteiger partial charge >= 0.3 is 18.0 Å². The molecule has 0 saturated carbocycles. The molecule has 166 valence electrons. The van der Waals surface area contributed by atoms with Gasteiger partial charge in [0.05, 0.1) is 12.0 Å². The number of nitrogens with one attached hydrogen (secondary N) is 2. The van der Waals surface area contributed by atoms with E-state index < -0.39 is 35.3 Å². The van der Waals surface area contributed by atoms with Crippen molar-refractivity contribution in [1.82, 2.24) is 5.32 Å². The van der Waals surface area contributed by atoms with E-state index in [-0.39, 0.29) is 11.1 Å². The number of halogens is 6. The summed E-state index contributed by atoms with van der Waals surface area (Å²) in [5, 5.41) is 11.5. The Morgan fingerprint density at radius 1 is 1.03 bits per heavy atom. The molecule has 0 fully saturated rings. The zero-order valence-electron chi connectivity index (χ0n) is 16.0. The summed E-state index contributed by atoms with van der Waals surface area (Å²) in [5.74, 6) is -1.46. The van der Waals surface area contributed by atoms with Gasteiger partial charge in [-0.25, -0.2) is 0 Å². The third kappa shape index (κ3) is 4.49. The maximum Gasteiger partial charge on any atom is 0.439 e. The Kier molecular flexibility index (Phi) is 6.23. The predicted octanol–water partition coefficient (Wildman–Crippen LogP) is 5.09. The number of fused-ring (bicyclic) bond motifs is 1. The normalized spacial score (nSPS) is 14.5. The lowest BCUT2D eigenvalue weighted by Crippen LogP contribution is -2.72. The number of hydrogen-bond donors (Lipinski definition) is 2. The average Bonchev–Trinajstić information content (AvgIpc) is 3.03. The first-order valence-electron chi connectivity index (χ1n) is 9.29. The second kappa shape index (κ2) is 8.42. The summed E-state index contributed by atoms with van der Waals surface area (Å²) in [4.78, 5) is 12.8. The fourth-order valence-corrected chi connectivity index (χ4v) is 4.75. The Balaban J connectivity index is 2.02. The topological polar surface area (TPSA) is 64.9 Å². The molecule has 4 nitrogen and oxygen atoms in total. The molecule has 1 aliphatic carbocycles. The van der Waals surface area contributed by atoms with Gasteiger partial charge in [-0.3, -0.25) is 4.79 Å². The number of benzene rings is 1. The molecule has 1 aliphatic rings. The fraction of sp³-hybridized carbons (Fsp3) is 0.400. The molecule has 0 bridgehead atoms. The van der Waals surface area contributed by atoms with Crippen molar-refractivity contribution in [3.05, 3.63) is 51.9 Å². The lowest BCUT2D eigenvalue weighted by molar-refractivity contribution is -0.295. The van der Waals surface area contributed by atoms with Crippen LogP contribution in [0, 0.1) is 11.3 Å². The molecular weight excluding hydrogens is 444 g/mol. The van der Waals surface area contributed by atoms with E-state index in [9.17, 15) is 36.4 Å². The first kappa shape index (κ1) is 22.9. The van der Waals surface area contributed by atoms with Crippen LogP contribution in [0.4, 0.5) is 31.3 Å². The van der Waals surface area contributed by atoms with Gasteiger partial charge in [-0.15, -0.1) is 11.3 Å². The number of aryl methyl sites for hydroxylation is 1. The number of carbonyl (C=O) groups is 1. The molecule has 0 spiro atoms. The van der Waals surface area contributed by atoms with Crippen molar-refractivity contribution in [1.29, 1.82) is 5.26 Å². The van der Waals surface area contributed by atoms with Gasteiger partial charge < -0.3 is 10.6 Å². The number of amides is 1. The van der Waals surface area contributed by atoms with Crippen LogP contribution in [0.1, 0.15) is 34.4 Å². The molecule has 2 N–H and O–H groups in total. The summed E-state index contributed by atoms with van der Waals surface area (Å²) in [6, 6.07) is 9.17. The van der Waals surface area contributed by atoms with Crippen LogP contribution in [-0.2, 0) is 24.1 Å². The molecule has 3 rings (SSSR count). The molecule has 0 unspecified atom stereocenters. The number of carbonyl (C=O) groups excluding carboxylic acids is 1. The van der Waals surface area contributed by atoms with Crippen molar-refractivity contribution < 1.29 is 31.1 Å². The monoisotopic (exact) mass is 461 g/mol. The number of rotatable bonds is 5. The summed E-state index contributed by atoms with van der Waals surface area (Å²) >= 11 is 0.692. The van der Waals surface area contributed by atoms with Gasteiger partial charge in [-0.05, 0) is 36.8 Å². The zero-order valence-corrected chi connectivity index (χ0v) is 16.8. The molecule has 31 heavy (non-hydrogen) atoms. The van der Waals surface area contributed by atoms with Crippen LogP contribution < -0.4 is 10.6 Å². The average molecular weight is 461 g/mol. The van der Waals surface area contributed by atoms with Gasteiger partial charge in [0, 0.05) is 4.88 Å². The zero-order chi connectivity index (χ0) is 22.9. The van der Waals surface area contributed by atoms with E-state index in [4.69, 9.17) is 0 Å². The van der Waals surface area contributed by atoms with Crippen LogP contribution in [0.5, 0.6) is 0 Å². The first-order chi connectivity index (χ1) is 14.5. The van der Waals surface area contributed by atoms with Crippen LogP contribution in [0.3, 0.4) is 0 Å². The largest absolute Gasteiger partial charge is 0.439 e. The molecule has 1 aromatic heterocycles. The van der Waals surface area contributed by atoms with E-state index in [2.05, 4.69) is 0 Å². The van der Waals surface area contributed by atoms with Gasteiger partial charge in [0.15, 0.2) is 0 Å². The van der Waals surface area contributed by atoms with E-state index >= 15 is 0 Å². The smallest absolute Gasteiger partial charge is 0.338 e. The minimum absolute atomic E-state index is 0.241. The second-order valence-electron chi connectivity index (χ2n) is 7.11. The molecule has 2 aromatic rings. The summed E-state index contributed by atoms with van der Waals surface area (Å²) in [6.07, 6.45) is -10.2. The molecule has 0 radical (unpaired) electrons. The minimum Gasteiger partial charge on any atom is -0.338 e. The minimum atomic E-state index is -5.94. The summed E-state index contributed by atoms with van der Waals surface area (Å²) in [7, 11) is 0. The SMILES string of the molecule is N#Cc1c(NC(NC(=O)Cc2ccccc2)(C(F)(F)F)C(F)(F)F)sc2c1CCCC2. The van der Waals surface area contributed by atoms with Crippen molar-refractivity contribution in [2.75, 3.05) is 5.32 Å². The van der Waals surface area contributed by atoms with Gasteiger partial charge in [0.25, 0.3) is 0 Å². The lowest BCUT2D eigenvalue weighted by Gasteiger charge is -2.38. The quantitative estimate of drug-likeness (QED) is 0.482. The van der Waals surface area contributed by atoms with Crippen molar-refractivity contribution >= 4 is 22.2 Å². The van der Waals surface area contributed by atoms with Crippen LogP contribution in [0.25, 0.3) is 0 Å². The van der Waals surface area contributed by atoms with Crippen LogP contribution in [0.15, 0.2) is 30.3 Å². The highest BCUT2D eigenvalue weighted by atomic mass is 32.1. The third-order valence-electron chi connectivity index (χ3n) is 4.97. The van der Waals surface area contributed by atoms with E-state index in [1.807, 2.05) is 0 Å². The predicted molar refractivity (Wildman–Crippen MR) is 102 cm³/mol. The maximum atomic E-state index is 13.9. The van der Waals surface area contributed by atoms with Crippen molar-refractivity contribution in [3.63, 3.8) is 0 Å². The standard InChI is InChI=1S/C20H17F6N3OS/c21-19(22,23)18(20(24,25)26,28-16(30)10-12-6-2-1-3-7-12)29-17-14(11-27)13-8-4-5-9-15(13)31-17/h1-3,6-7,29H,4-5,8-10H2,(H,28,30). The Morgan fingerprint density at radius 3 is 2.23 bits per heavy atom. The van der Waals surface area contributed by atoms with Crippen molar-refractivity contribution in [2.24, 2.45) is 0 Å². The molecule has 0 atom stereocenters. The Labute approximate surface area is 177 Å². The van der Waals surface area contributed by atoms with E-state index in [1.54, 1.807) is 12.1 Å². The fourth-order valence-electron chi connectivity index (χ4n) is 3.45. The van der Waals surface area contributed by atoms with Gasteiger partial charge in [0.1, 0.15) is 11.1 Å². The van der Waals surface area contributed by atoms with Gasteiger partial charge in [0.2, 0.25) is 5.91 Å². The Bertz CT molecular complexity index is 977. The summed E-state index contributed by atoms with van der Waals surface area (Å²) in [5.41, 5.74) is -4.27. The van der Waals surface area contributed by atoms with Gasteiger partial charge in [-0.1, -0.05) is 30.3 Å². The highest BCUT2D eigenvalue weighted by molar-refractivity contribution is 7.16. The van der Waals surface area contributed by atoms with Crippen LogP contribution in [0.2, 0.25) is 0 Å². The number of nitriles is 1. The third-order valence-corrected chi connectivity index (χ3v) is 6.18. The maximum absolute atomic E-state index is 13.9. The highest BCUT2D eigenvalue weighted by Gasteiger charge is 2.73. The number of thiophene rings is 1. The number of hydrogen-bond acceptors (Lipinski definition) is 4. The molecule has 1 amide bonds. The molecule has 1 heterocycles. The van der Waals surface area contributed by atoms with E-state index in [1.165, 1.54) is 29.6 Å². The van der Waals surface area contributed by atoms with Crippen LogP contribution >= 0.6 is 11.3 Å². The number of nitrogens with zero attached hydrogens (tertiary/aromatic N) is 1. The molecule has 11 heteroatoms. The van der Waals surface area contributed by atoms with E-state index in [0.29, 0.717) is 41.0 Å². The molecule has 0 aliphatic heterocycles. The number of alkyl halides is 6. The Morgan fingerprint density at radius 2 is 1.65 bits per heavy atom. The van der Waals surface area contributed by atoms with Crippen molar-refractivity contribution in [3.8, 4) is 6.07 Å². The van der Waals surface area contributed by atoms with Crippen LogP contribution in [-0.4, -0.2) is 23.9 Å². The Hall–Kier alpha value is -2.74. The highest BCUT2D eigenvalue weighted by Crippen LogP contribution is 2.47. The molecule has 0 saturated heterocycles. The summed E-state index contributed by atoms with van der Waals surface area (Å²) in [6.45, 7) is 0. The first-order valence-corrected chi connectivity index (χ1v) is 10.1. The van der Waals surface area contributed by atoms with Gasteiger partial charge in [-0.2, -0.15) is 31.6 Å². The van der Waals surface area contributed by atoms with Crippen molar-refractivity contribution in [2.45, 2.75) is 50.1 Å². The van der Waals surface area contributed by atoms with E-state index in [0.717, 1.165) is 11.7 Å². The second-order valence-corrected chi connectivity index (χ2v) is 8.21. The molecular formula is C20H17F6N3OS. The lowest BCUT2D eigenvalue weighted by atomic mass is 9.96. The number of anilines is 1. The molecule has 1 aromatic carbocycles. The summed E-state index contributed by atoms with van der Waals surface area (Å²) < 4.78 is 83.4.